The summed E-state index contributed by atoms with van der Waals surface area (Å²) < 4.78 is 0. The third-order valence-electron chi connectivity index (χ3n) is 4.59. The number of carbonyl (C=O) groups excluding carboxylic acids is 2. The van der Waals surface area contributed by atoms with Gasteiger partial charge in [-0.3, -0.25) is 14.9 Å². The molecular weight excluding hydrogens is 342 g/mol. The summed E-state index contributed by atoms with van der Waals surface area (Å²) in [7, 11) is 0. The molecule has 0 aromatic heterocycles. The lowest BCUT2D eigenvalue weighted by Crippen LogP contribution is -3.14. The van der Waals surface area contributed by atoms with Crippen molar-refractivity contribution in [2.24, 2.45) is 4.99 Å². The van der Waals surface area contributed by atoms with E-state index in [4.69, 9.17) is 11.6 Å². The minimum absolute atomic E-state index is 0.0586. The number of hydrogen-bond acceptors (Lipinski definition) is 4. The molecule has 0 saturated carbocycles. The van der Waals surface area contributed by atoms with E-state index in [1.165, 1.54) is 4.90 Å². The molecule has 0 bridgehead atoms. The molecule has 2 aliphatic rings. The number of hydrogen-bond donors (Lipinski definition) is 3. The first-order valence-electron chi connectivity index (χ1n) is 8.57. The van der Waals surface area contributed by atoms with E-state index in [1.807, 2.05) is 0 Å². The smallest absolute Gasteiger partial charge is 0.249 e. The lowest BCUT2D eigenvalue weighted by atomic mass is 10.1. The molecule has 1 atom stereocenters. The summed E-state index contributed by atoms with van der Waals surface area (Å²) in [5, 5.41) is 6.20. The van der Waals surface area contributed by atoms with E-state index in [1.54, 1.807) is 24.3 Å². The maximum absolute atomic E-state index is 12.5. The van der Waals surface area contributed by atoms with Gasteiger partial charge in [0, 0.05) is 10.7 Å². The van der Waals surface area contributed by atoms with Crippen molar-refractivity contribution in [2.75, 3.05) is 38.0 Å². The van der Waals surface area contributed by atoms with E-state index in [9.17, 15) is 9.59 Å². The molecule has 3 N–H and O–H groups in total. The van der Waals surface area contributed by atoms with Crippen LogP contribution < -0.4 is 15.5 Å². The minimum atomic E-state index is -0.712. The van der Waals surface area contributed by atoms with Crippen LogP contribution in [0.5, 0.6) is 0 Å². The van der Waals surface area contributed by atoms with Gasteiger partial charge in [-0.2, -0.15) is 0 Å². The van der Waals surface area contributed by atoms with E-state index in [0.29, 0.717) is 16.7 Å². The highest BCUT2D eigenvalue weighted by Crippen LogP contribution is 2.15. The number of nitrogens with one attached hydrogen (secondary N) is 3. The summed E-state index contributed by atoms with van der Waals surface area (Å²) in [5.41, 5.74) is 0.636. The molecule has 2 amide bonds. The van der Waals surface area contributed by atoms with Crippen LogP contribution in [-0.4, -0.2) is 61.4 Å². The standard InChI is InChI=1S/C17H22ClN5O2/c1-2-22-7-9-23(10-8-22)17-20-14(11-15(24)21-17)16(25)19-13-5-3-12(18)4-6-13/h3-6,14H,2,7-11H2,1H3,(H,19,25)(H,20,21,24)/p+1/t14-/m1/s1. The molecule has 3 rings (SSSR count). The van der Waals surface area contributed by atoms with E-state index in [-0.39, 0.29) is 18.2 Å². The highest BCUT2D eigenvalue weighted by molar-refractivity contribution is 6.30. The quantitative estimate of drug-likeness (QED) is 0.691. The van der Waals surface area contributed by atoms with Gasteiger partial charge in [-0.15, -0.1) is 0 Å². The molecular formula is C17H23ClN5O2+. The summed E-state index contributed by atoms with van der Waals surface area (Å²) in [4.78, 5) is 32.6. The molecule has 2 aliphatic heterocycles. The zero-order valence-corrected chi connectivity index (χ0v) is 15.0. The predicted octanol–water partition coefficient (Wildman–Crippen LogP) is -0.257. The fourth-order valence-corrected chi connectivity index (χ4v) is 3.16. The fraction of sp³-hybridized carbons (Fsp3) is 0.471. The van der Waals surface area contributed by atoms with Gasteiger partial charge in [-0.25, -0.2) is 4.99 Å². The average molecular weight is 365 g/mol. The van der Waals surface area contributed by atoms with Crippen molar-refractivity contribution < 1.29 is 14.5 Å². The van der Waals surface area contributed by atoms with E-state index in [2.05, 4.69) is 27.4 Å². The molecule has 0 radical (unpaired) electrons. The van der Waals surface area contributed by atoms with Crippen LogP contribution in [0.15, 0.2) is 29.3 Å². The van der Waals surface area contributed by atoms with Crippen LogP contribution in [0.3, 0.4) is 0 Å². The van der Waals surface area contributed by atoms with Crippen LogP contribution in [0.25, 0.3) is 0 Å². The third kappa shape index (κ3) is 4.49. The number of piperazine rings is 1. The average Bonchev–Trinajstić information content (AvgIpc) is 2.63. The van der Waals surface area contributed by atoms with Crippen LogP contribution in [0, 0.1) is 0 Å². The van der Waals surface area contributed by atoms with Crippen LogP contribution in [0.2, 0.25) is 5.02 Å². The van der Waals surface area contributed by atoms with E-state index >= 15 is 0 Å². The number of aliphatic imine (C=N–C) groups is 1. The Hall–Kier alpha value is -2.12. The first kappa shape index (κ1) is 17.7. The normalized spacial score (nSPS) is 21.5. The minimum Gasteiger partial charge on any atom is -0.332 e. The molecule has 0 unspecified atom stereocenters. The molecule has 2 heterocycles. The number of benzene rings is 1. The summed E-state index contributed by atoms with van der Waals surface area (Å²) >= 11 is 5.85. The van der Waals surface area contributed by atoms with Gasteiger partial charge in [-0.05, 0) is 31.2 Å². The van der Waals surface area contributed by atoms with Crippen LogP contribution in [0.1, 0.15) is 13.3 Å². The Labute approximate surface area is 152 Å². The van der Waals surface area contributed by atoms with Gasteiger partial charge in [0.15, 0.2) is 0 Å². The molecule has 25 heavy (non-hydrogen) atoms. The Morgan fingerprint density at radius 2 is 2.04 bits per heavy atom. The molecule has 134 valence electrons. The van der Waals surface area contributed by atoms with Gasteiger partial charge < -0.3 is 15.1 Å². The van der Waals surface area contributed by atoms with Gasteiger partial charge in [0.05, 0.1) is 39.1 Å². The predicted molar refractivity (Wildman–Crippen MR) is 96.9 cm³/mol. The van der Waals surface area contributed by atoms with E-state index in [0.717, 1.165) is 32.7 Å². The Balaban J connectivity index is 1.67. The van der Waals surface area contributed by atoms with Crippen molar-refractivity contribution in [3.05, 3.63) is 29.3 Å². The number of amides is 2. The van der Waals surface area contributed by atoms with Crippen molar-refractivity contribution in [1.29, 1.82) is 0 Å². The summed E-state index contributed by atoms with van der Waals surface area (Å²) in [6.07, 6.45) is 0.0586. The summed E-state index contributed by atoms with van der Waals surface area (Å²) in [6.45, 7) is 6.93. The maximum atomic E-state index is 12.5. The number of quaternary nitrogens is 1. The monoisotopic (exact) mass is 364 g/mol. The lowest BCUT2D eigenvalue weighted by Gasteiger charge is -2.35. The second-order valence-corrected chi connectivity index (χ2v) is 6.74. The van der Waals surface area contributed by atoms with Crippen LogP contribution in [-0.2, 0) is 9.59 Å². The lowest BCUT2D eigenvalue weighted by molar-refractivity contribution is -0.902. The zero-order valence-electron chi connectivity index (χ0n) is 14.2. The number of rotatable bonds is 3. The second-order valence-electron chi connectivity index (χ2n) is 6.31. The molecule has 1 aromatic rings. The molecule has 1 saturated heterocycles. The van der Waals surface area contributed by atoms with Crippen molar-refractivity contribution in [2.45, 2.75) is 19.4 Å². The van der Waals surface area contributed by atoms with Crippen LogP contribution in [0.4, 0.5) is 5.69 Å². The molecule has 1 fully saturated rings. The third-order valence-corrected chi connectivity index (χ3v) is 4.84. The maximum Gasteiger partial charge on any atom is 0.249 e. The van der Waals surface area contributed by atoms with Gasteiger partial charge in [0.1, 0.15) is 6.04 Å². The Kier molecular flexibility index (Phi) is 5.55. The number of likely N-dealkylation sites (N-methyl/N-ethyl adjacent to an activating group) is 1. The number of carbonyl (C=O) groups is 2. The Bertz CT molecular complexity index is 668. The number of nitrogens with zero attached hydrogens (tertiary/aromatic N) is 2. The largest absolute Gasteiger partial charge is 0.332 e. The summed E-state index contributed by atoms with van der Waals surface area (Å²) in [6, 6.07) is 6.14. The van der Waals surface area contributed by atoms with Crippen LogP contribution >= 0.6 is 11.6 Å². The SMILES string of the molecule is CC[NH+]1CCN(C2=N[C@@H](C(=O)Nc3ccc(Cl)cc3)CC(=O)N2)CC1. The topological polar surface area (TPSA) is 78.2 Å². The van der Waals surface area contributed by atoms with Gasteiger partial charge >= 0.3 is 0 Å². The molecule has 0 spiro atoms. The second kappa shape index (κ2) is 7.84. The highest BCUT2D eigenvalue weighted by atomic mass is 35.5. The van der Waals surface area contributed by atoms with E-state index < -0.39 is 6.04 Å². The highest BCUT2D eigenvalue weighted by Gasteiger charge is 2.31. The van der Waals surface area contributed by atoms with Crippen molar-refractivity contribution in [1.82, 2.24) is 10.2 Å². The molecule has 7 nitrogen and oxygen atoms in total. The first-order chi connectivity index (χ1) is 12.0. The van der Waals surface area contributed by atoms with Gasteiger partial charge in [0.2, 0.25) is 17.8 Å². The first-order valence-corrected chi connectivity index (χ1v) is 8.95. The van der Waals surface area contributed by atoms with Crippen molar-refractivity contribution in [3.63, 3.8) is 0 Å². The van der Waals surface area contributed by atoms with Crippen molar-refractivity contribution in [3.8, 4) is 0 Å². The molecule has 0 aliphatic carbocycles. The van der Waals surface area contributed by atoms with Gasteiger partial charge in [-0.1, -0.05) is 11.6 Å². The fourth-order valence-electron chi connectivity index (χ4n) is 3.04. The number of guanidine groups is 1. The molecule has 8 heteroatoms. The molecule has 1 aromatic carbocycles. The van der Waals surface area contributed by atoms with Crippen molar-refractivity contribution >= 4 is 35.1 Å². The van der Waals surface area contributed by atoms with Gasteiger partial charge in [0.25, 0.3) is 0 Å². The zero-order chi connectivity index (χ0) is 17.8. The Morgan fingerprint density at radius 1 is 1.36 bits per heavy atom. The summed E-state index contributed by atoms with van der Waals surface area (Å²) in [5.74, 6) is 0.0571. The number of anilines is 1. The number of halogens is 1. The Morgan fingerprint density at radius 3 is 2.68 bits per heavy atom.